The van der Waals surface area contributed by atoms with Crippen molar-refractivity contribution < 1.29 is 9.15 Å². The van der Waals surface area contributed by atoms with Crippen molar-refractivity contribution in [2.24, 2.45) is 0 Å². The monoisotopic (exact) mass is 707 g/mol. The molecule has 0 spiro atoms. The molecule has 0 saturated heterocycles. The fraction of sp³-hybridized carbons (Fsp3) is 0.0800. The van der Waals surface area contributed by atoms with E-state index in [4.69, 9.17) is 19.1 Å². The maximum atomic E-state index is 6.75. The second-order valence-electron chi connectivity index (χ2n) is 14.7. The zero-order chi connectivity index (χ0) is 36.0. The molecule has 0 fully saturated rings. The molecular formula is C50H33N3O2. The average molecular weight is 708 g/mol. The Hall–Kier alpha value is -6.98. The number of hydrogen-bond acceptors (Lipinski definition) is 4. The van der Waals surface area contributed by atoms with Crippen LogP contribution < -0.4 is 4.74 Å². The summed E-state index contributed by atoms with van der Waals surface area (Å²) in [7, 11) is 0. The molecule has 5 nitrogen and oxygen atoms in total. The number of ether oxygens (including phenoxy) is 1. The summed E-state index contributed by atoms with van der Waals surface area (Å²) in [6.07, 6.45) is 11.8. The first-order valence-electron chi connectivity index (χ1n) is 19.1. The predicted molar refractivity (Wildman–Crippen MR) is 223 cm³/mol. The van der Waals surface area contributed by atoms with Crippen molar-refractivity contribution >= 4 is 55.5 Å². The number of aromatic nitrogens is 3. The first-order valence-corrected chi connectivity index (χ1v) is 19.1. The van der Waals surface area contributed by atoms with Gasteiger partial charge in [-0.25, -0.2) is 9.97 Å². The fourth-order valence-corrected chi connectivity index (χ4v) is 9.09. The van der Waals surface area contributed by atoms with Crippen LogP contribution in [-0.4, -0.2) is 14.5 Å². The molecule has 12 rings (SSSR count). The van der Waals surface area contributed by atoms with E-state index in [1.165, 1.54) is 49.4 Å². The van der Waals surface area contributed by atoms with Gasteiger partial charge < -0.3 is 13.7 Å². The second kappa shape index (κ2) is 11.8. The van der Waals surface area contributed by atoms with Crippen molar-refractivity contribution in [2.75, 3.05) is 0 Å². The molecule has 6 aromatic carbocycles. The highest BCUT2D eigenvalue weighted by molar-refractivity contribution is 6.12. The normalized spacial score (nSPS) is 15.9. The van der Waals surface area contributed by atoms with Gasteiger partial charge in [0.2, 0.25) is 0 Å². The summed E-state index contributed by atoms with van der Waals surface area (Å²) >= 11 is 0. The lowest BCUT2D eigenvalue weighted by Gasteiger charge is -2.20. The van der Waals surface area contributed by atoms with Crippen LogP contribution in [0.2, 0.25) is 0 Å². The van der Waals surface area contributed by atoms with Gasteiger partial charge in [0.15, 0.2) is 5.82 Å². The minimum absolute atomic E-state index is 0.0858. The molecule has 0 N–H and O–H groups in total. The molecular weight excluding hydrogens is 675 g/mol. The van der Waals surface area contributed by atoms with Gasteiger partial charge in [-0.3, -0.25) is 0 Å². The van der Waals surface area contributed by atoms with Gasteiger partial charge in [0.25, 0.3) is 0 Å². The maximum absolute atomic E-state index is 6.75. The minimum Gasteiger partial charge on any atom is -0.461 e. The zero-order valence-corrected chi connectivity index (χ0v) is 29.9. The number of fused-ring (bicyclic) bond motifs is 10. The van der Waals surface area contributed by atoms with Gasteiger partial charge in [0, 0.05) is 55.6 Å². The first kappa shape index (κ1) is 30.5. The summed E-state index contributed by atoms with van der Waals surface area (Å²) in [6, 6.07) is 47.1. The molecule has 4 heterocycles. The van der Waals surface area contributed by atoms with Crippen molar-refractivity contribution in [3.63, 3.8) is 0 Å². The number of aryl methyl sites for hydroxylation is 1. The van der Waals surface area contributed by atoms with E-state index in [0.29, 0.717) is 0 Å². The van der Waals surface area contributed by atoms with Crippen LogP contribution in [0.4, 0.5) is 0 Å². The smallest absolute Gasteiger partial charge is 0.160 e. The third kappa shape index (κ3) is 4.66. The van der Waals surface area contributed by atoms with Gasteiger partial charge in [-0.05, 0) is 78.9 Å². The molecule has 0 amide bonds. The minimum atomic E-state index is 0.0858. The molecule has 3 aromatic heterocycles. The Balaban J connectivity index is 0.950. The number of benzene rings is 6. The Labute approximate surface area is 317 Å². The molecule has 3 aliphatic rings. The van der Waals surface area contributed by atoms with Gasteiger partial charge in [-0.2, -0.15) is 0 Å². The van der Waals surface area contributed by atoms with E-state index >= 15 is 0 Å². The molecule has 5 heteroatoms. The molecule has 55 heavy (non-hydrogen) atoms. The van der Waals surface area contributed by atoms with Gasteiger partial charge in [-0.15, -0.1) is 0 Å². The highest BCUT2D eigenvalue weighted by Gasteiger charge is 2.35. The van der Waals surface area contributed by atoms with Crippen LogP contribution in [0.5, 0.6) is 5.75 Å². The number of hydrogen-bond donors (Lipinski definition) is 0. The summed E-state index contributed by atoms with van der Waals surface area (Å²) < 4.78 is 15.3. The molecule has 1 atom stereocenters. The number of rotatable bonds is 4. The van der Waals surface area contributed by atoms with Crippen LogP contribution in [0.1, 0.15) is 35.6 Å². The molecule has 0 saturated carbocycles. The Morgan fingerprint density at radius 3 is 2.38 bits per heavy atom. The lowest BCUT2D eigenvalue weighted by Crippen LogP contribution is -2.07. The number of furan rings is 1. The van der Waals surface area contributed by atoms with E-state index < -0.39 is 0 Å². The summed E-state index contributed by atoms with van der Waals surface area (Å²) in [5.74, 6) is 3.67. The van der Waals surface area contributed by atoms with E-state index in [1.807, 2.05) is 24.3 Å². The molecule has 0 radical (unpaired) electrons. The summed E-state index contributed by atoms with van der Waals surface area (Å²) in [5, 5.41) is 4.72. The highest BCUT2D eigenvalue weighted by atomic mass is 16.5. The molecule has 1 unspecified atom stereocenters. The summed E-state index contributed by atoms with van der Waals surface area (Å²) in [5.41, 5.74) is 13.3. The highest BCUT2D eigenvalue weighted by Crippen LogP contribution is 2.51. The van der Waals surface area contributed by atoms with Crippen LogP contribution in [0, 0.1) is 0 Å². The summed E-state index contributed by atoms with van der Waals surface area (Å²) in [6.45, 7) is 0. The van der Waals surface area contributed by atoms with Crippen molar-refractivity contribution in [2.45, 2.75) is 25.2 Å². The quantitative estimate of drug-likeness (QED) is 0.183. The van der Waals surface area contributed by atoms with Crippen molar-refractivity contribution in [3.05, 3.63) is 174 Å². The molecule has 1 aliphatic heterocycles. The maximum Gasteiger partial charge on any atom is 0.160 e. The van der Waals surface area contributed by atoms with Gasteiger partial charge in [0.1, 0.15) is 22.9 Å². The average Bonchev–Trinajstić information content (AvgIpc) is 3.92. The van der Waals surface area contributed by atoms with Crippen LogP contribution in [0.15, 0.2) is 162 Å². The van der Waals surface area contributed by atoms with Crippen molar-refractivity contribution in [1.29, 1.82) is 0 Å². The lowest BCUT2D eigenvalue weighted by atomic mass is 9.86. The van der Waals surface area contributed by atoms with Crippen LogP contribution >= 0.6 is 0 Å². The number of allylic oxidation sites excluding steroid dienone is 5. The van der Waals surface area contributed by atoms with Crippen LogP contribution in [-0.2, 0) is 6.42 Å². The second-order valence-corrected chi connectivity index (χ2v) is 14.7. The summed E-state index contributed by atoms with van der Waals surface area (Å²) in [4.78, 5) is 10.2. The predicted octanol–water partition coefficient (Wildman–Crippen LogP) is 12.7. The Kier molecular flexibility index (Phi) is 6.52. The van der Waals surface area contributed by atoms with E-state index in [2.05, 4.69) is 138 Å². The van der Waals surface area contributed by atoms with E-state index in [-0.39, 0.29) is 5.92 Å². The van der Waals surface area contributed by atoms with Gasteiger partial charge >= 0.3 is 0 Å². The molecule has 2 aliphatic carbocycles. The standard InChI is InChI=1S/C50H33N3O2/c1-2-11-30(12-3-1)50-51-41-17-7-4-15-36(41)49(52-50)38-16-10-20-46-48(38)37-24-23-33(29-47(37)55-46)53-42-18-8-5-13-34(42)39-27-31(21-25-43(39)53)32-22-26-45-40(28-32)35-14-6-9-19-44(35)54-45/h1-5,7-13,15-23,25-29,37H,6,14,24H2. The van der Waals surface area contributed by atoms with E-state index in [0.717, 1.165) is 81.4 Å². The largest absolute Gasteiger partial charge is 0.461 e. The first-order chi connectivity index (χ1) is 27.2. The van der Waals surface area contributed by atoms with E-state index in [9.17, 15) is 0 Å². The van der Waals surface area contributed by atoms with Crippen molar-refractivity contribution in [3.8, 4) is 39.5 Å². The number of nitrogens with zero attached hydrogens (tertiary/aromatic N) is 3. The molecule has 260 valence electrons. The van der Waals surface area contributed by atoms with Gasteiger partial charge in [0.05, 0.1) is 28.2 Å². The topological polar surface area (TPSA) is 53.1 Å². The fourth-order valence-electron chi connectivity index (χ4n) is 9.09. The van der Waals surface area contributed by atoms with Crippen LogP contribution in [0.3, 0.4) is 0 Å². The third-order valence-corrected chi connectivity index (χ3v) is 11.6. The molecule has 0 bridgehead atoms. The lowest BCUT2D eigenvalue weighted by molar-refractivity contribution is 0.425. The van der Waals surface area contributed by atoms with Crippen molar-refractivity contribution in [1.82, 2.24) is 14.5 Å². The third-order valence-electron chi connectivity index (χ3n) is 11.6. The Morgan fingerprint density at radius 2 is 1.45 bits per heavy atom. The molecule has 9 aromatic rings. The van der Waals surface area contributed by atoms with E-state index in [1.54, 1.807) is 0 Å². The zero-order valence-electron chi connectivity index (χ0n) is 29.9. The Bertz CT molecular complexity index is 3160. The SMILES string of the molecule is C1=Cc2oc3ccc(-c4ccc5c(c4)c4ccccc4n5C4=CCC5C(=C4)Oc4cccc(-c6nc(-c7ccccc7)nc7ccccc67)c45)cc3c2CC1. The van der Waals surface area contributed by atoms with Gasteiger partial charge in [-0.1, -0.05) is 103 Å². The van der Waals surface area contributed by atoms with Crippen LogP contribution in [0.25, 0.3) is 89.2 Å². The Morgan fingerprint density at radius 1 is 0.655 bits per heavy atom. The number of para-hydroxylation sites is 2.